The van der Waals surface area contributed by atoms with Crippen LogP contribution in [0.25, 0.3) is 0 Å². The summed E-state index contributed by atoms with van der Waals surface area (Å²) >= 11 is 0. The first kappa shape index (κ1) is 10.9. The van der Waals surface area contributed by atoms with Crippen molar-refractivity contribution in [2.75, 3.05) is 0 Å². The summed E-state index contributed by atoms with van der Waals surface area (Å²) in [6.07, 6.45) is 6.09. The van der Waals surface area contributed by atoms with Gasteiger partial charge in [0.1, 0.15) is 6.10 Å². The van der Waals surface area contributed by atoms with E-state index in [0.29, 0.717) is 11.5 Å². The lowest BCUT2D eigenvalue weighted by Crippen LogP contribution is -2.26. The minimum absolute atomic E-state index is 0.0257. The van der Waals surface area contributed by atoms with E-state index in [1.165, 1.54) is 0 Å². The van der Waals surface area contributed by atoms with Gasteiger partial charge in [-0.15, -0.1) is 0 Å². The van der Waals surface area contributed by atoms with Crippen LogP contribution in [0.4, 0.5) is 0 Å². The Labute approximate surface area is 95.9 Å². The molecule has 2 nitrogen and oxygen atoms in total. The maximum Gasteiger partial charge on any atom is 0.338 e. The van der Waals surface area contributed by atoms with Crippen LogP contribution in [0.2, 0.25) is 0 Å². The molecule has 0 saturated carbocycles. The molecule has 1 aromatic carbocycles. The number of benzene rings is 1. The standard InChI is InChI=1S/C14H16O2/c1-11-7-5-6-10-13(11)16-14(15)12-8-3-2-4-9-12/h2-6,8-9,11,13H,7,10H2,1H3. The number of allylic oxidation sites excluding steroid dienone is 1. The fraction of sp³-hybridized carbons (Fsp3) is 0.357. The molecule has 2 atom stereocenters. The van der Waals surface area contributed by atoms with E-state index in [1.807, 2.05) is 18.2 Å². The van der Waals surface area contributed by atoms with Crippen LogP contribution < -0.4 is 0 Å². The van der Waals surface area contributed by atoms with Gasteiger partial charge in [0, 0.05) is 6.42 Å². The number of hydrogen-bond donors (Lipinski definition) is 0. The smallest absolute Gasteiger partial charge is 0.338 e. The average molecular weight is 216 g/mol. The van der Waals surface area contributed by atoms with Crippen LogP contribution in [-0.2, 0) is 4.74 Å². The molecule has 2 heteroatoms. The van der Waals surface area contributed by atoms with Gasteiger partial charge < -0.3 is 4.74 Å². The molecule has 1 aliphatic rings. The number of hydrogen-bond acceptors (Lipinski definition) is 2. The van der Waals surface area contributed by atoms with E-state index in [1.54, 1.807) is 12.1 Å². The van der Waals surface area contributed by atoms with E-state index in [9.17, 15) is 4.79 Å². The fourth-order valence-corrected chi connectivity index (χ4v) is 1.87. The summed E-state index contributed by atoms with van der Waals surface area (Å²) in [5.41, 5.74) is 0.629. The molecule has 0 spiro atoms. The first-order valence-corrected chi connectivity index (χ1v) is 5.68. The van der Waals surface area contributed by atoms with Crippen LogP contribution in [0.3, 0.4) is 0 Å². The van der Waals surface area contributed by atoms with Crippen molar-refractivity contribution < 1.29 is 9.53 Å². The fourth-order valence-electron chi connectivity index (χ4n) is 1.87. The molecular weight excluding hydrogens is 200 g/mol. The summed E-state index contributed by atoms with van der Waals surface area (Å²) in [5, 5.41) is 0. The van der Waals surface area contributed by atoms with Gasteiger partial charge in [-0.1, -0.05) is 37.3 Å². The Morgan fingerprint density at radius 2 is 1.88 bits per heavy atom. The molecule has 0 bridgehead atoms. The molecule has 2 unspecified atom stereocenters. The molecule has 2 rings (SSSR count). The van der Waals surface area contributed by atoms with Crippen LogP contribution in [-0.4, -0.2) is 12.1 Å². The van der Waals surface area contributed by atoms with E-state index >= 15 is 0 Å². The second-order valence-electron chi connectivity index (χ2n) is 4.23. The molecule has 0 saturated heterocycles. The van der Waals surface area contributed by atoms with Gasteiger partial charge in [0.15, 0.2) is 0 Å². The molecule has 0 fully saturated rings. The van der Waals surface area contributed by atoms with Crippen molar-refractivity contribution in [3.8, 4) is 0 Å². The number of carbonyl (C=O) groups excluding carboxylic acids is 1. The monoisotopic (exact) mass is 216 g/mol. The van der Waals surface area contributed by atoms with Crippen LogP contribution in [0.1, 0.15) is 30.1 Å². The van der Waals surface area contributed by atoms with Crippen molar-refractivity contribution in [2.45, 2.75) is 25.9 Å². The molecular formula is C14H16O2. The Morgan fingerprint density at radius 3 is 2.56 bits per heavy atom. The molecule has 0 heterocycles. The predicted molar refractivity (Wildman–Crippen MR) is 63.2 cm³/mol. The zero-order valence-electron chi connectivity index (χ0n) is 9.43. The number of rotatable bonds is 2. The van der Waals surface area contributed by atoms with E-state index in [-0.39, 0.29) is 12.1 Å². The highest BCUT2D eigenvalue weighted by molar-refractivity contribution is 5.89. The minimum Gasteiger partial charge on any atom is -0.458 e. The summed E-state index contributed by atoms with van der Waals surface area (Å²) in [6, 6.07) is 9.15. The van der Waals surface area contributed by atoms with Crippen molar-refractivity contribution in [3.63, 3.8) is 0 Å². The van der Waals surface area contributed by atoms with Gasteiger partial charge >= 0.3 is 5.97 Å². The zero-order valence-corrected chi connectivity index (χ0v) is 9.43. The van der Waals surface area contributed by atoms with Gasteiger partial charge in [0.05, 0.1) is 5.56 Å². The van der Waals surface area contributed by atoms with Gasteiger partial charge in [-0.25, -0.2) is 4.79 Å². The van der Waals surface area contributed by atoms with Crippen LogP contribution in [0.15, 0.2) is 42.5 Å². The maximum absolute atomic E-state index is 11.8. The summed E-state index contributed by atoms with van der Waals surface area (Å²) in [7, 11) is 0. The van der Waals surface area contributed by atoms with Crippen LogP contribution in [0, 0.1) is 5.92 Å². The Hall–Kier alpha value is -1.57. The topological polar surface area (TPSA) is 26.3 Å². The van der Waals surface area contributed by atoms with E-state index in [4.69, 9.17) is 4.74 Å². The molecule has 1 aromatic rings. The lowest BCUT2D eigenvalue weighted by Gasteiger charge is -2.25. The highest BCUT2D eigenvalue weighted by atomic mass is 16.5. The van der Waals surface area contributed by atoms with Gasteiger partial charge in [-0.3, -0.25) is 0 Å². The molecule has 0 aliphatic heterocycles. The normalized spacial score (nSPS) is 24.1. The molecule has 84 valence electrons. The SMILES string of the molecule is CC1CC=CCC1OC(=O)c1ccccc1. The molecule has 0 amide bonds. The number of ether oxygens (including phenoxy) is 1. The third-order valence-corrected chi connectivity index (χ3v) is 2.95. The molecule has 0 N–H and O–H groups in total. The highest BCUT2D eigenvalue weighted by Crippen LogP contribution is 2.22. The van der Waals surface area contributed by atoms with Crippen molar-refractivity contribution >= 4 is 5.97 Å². The van der Waals surface area contributed by atoms with E-state index in [0.717, 1.165) is 12.8 Å². The van der Waals surface area contributed by atoms with Gasteiger partial charge in [-0.2, -0.15) is 0 Å². The lowest BCUT2D eigenvalue weighted by atomic mass is 9.93. The summed E-state index contributed by atoms with van der Waals surface area (Å²) < 4.78 is 5.50. The van der Waals surface area contributed by atoms with Crippen molar-refractivity contribution in [2.24, 2.45) is 5.92 Å². The van der Waals surface area contributed by atoms with Gasteiger partial charge in [-0.05, 0) is 24.5 Å². The van der Waals surface area contributed by atoms with Crippen molar-refractivity contribution in [1.29, 1.82) is 0 Å². The molecule has 16 heavy (non-hydrogen) atoms. The molecule has 0 aromatic heterocycles. The zero-order chi connectivity index (χ0) is 11.4. The molecule has 1 aliphatic carbocycles. The first-order valence-electron chi connectivity index (χ1n) is 5.68. The third kappa shape index (κ3) is 2.51. The third-order valence-electron chi connectivity index (χ3n) is 2.95. The second kappa shape index (κ2) is 4.97. The van der Waals surface area contributed by atoms with Crippen LogP contribution in [0.5, 0.6) is 0 Å². The minimum atomic E-state index is -0.215. The van der Waals surface area contributed by atoms with E-state index < -0.39 is 0 Å². The lowest BCUT2D eigenvalue weighted by molar-refractivity contribution is 0.0160. The van der Waals surface area contributed by atoms with Gasteiger partial charge in [0.2, 0.25) is 0 Å². The first-order chi connectivity index (χ1) is 7.77. The van der Waals surface area contributed by atoms with Gasteiger partial charge in [0.25, 0.3) is 0 Å². The average Bonchev–Trinajstić information content (AvgIpc) is 2.33. The van der Waals surface area contributed by atoms with Crippen LogP contribution >= 0.6 is 0 Å². The Morgan fingerprint density at radius 1 is 1.19 bits per heavy atom. The maximum atomic E-state index is 11.8. The van der Waals surface area contributed by atoms with E-state index in [2.05, 4.69) is 19.1 Å². The predicted octanol–water partition coefficient (Wildman–Crippen LogP) is 3.20. The highest BCUT2D eigenvalue weighted by Gasteiger charge is 2.22. The number of esters is 1. The quantitative estimate of drug-likeness (QED) is 0.560. The largest absolute Gasteiger partial charge is 0.458 e. The summed E-state index contributed by atoms with van der Waals surface area (Å²) in [4.78, 5) is 11.8. The molecule has 0 radical (unpaired) electrons. The Balaban J connectivity index is 2.00. The van der Waals surface area contributed by atoms with Crippen molar-refractivity contribution in [3.05, 3.63) is 48.0 Å². The summed E-state index contributed by atoms with van der Waals surface area (Å²) in [5.74, 6) is 0.199. The summed E-state index contributed by atoms with van der Waals surface area (Å²) in [6.45, 7) is 2.12. The second-order valence-corrected chi connectivity index (χ2v) is 4.23. The Kier molecular flexibility index (Phi) is 3.40. The Bertz CT molecular complexity index is 381. The van der Waals surface area contributed by atoms with Crippen molar-refractivity contribution in [1.82, 2.24) is 0 Å². The number of carbonyl (C=O) groups is 1.